The molecule has 6 nitrogen and oxygen atoms in total. The second-order valence-electron chi connectivity index (χ2n) is 6.73. The minimum atomic E-state index is -0.620. The molecule has 0 aliphatic carbocycles. The van der Waals surface area contributed by atoms with Gasteiger partial charge in [0.2, 0.25) is 0 Å². The Morgan fingerprint density at radius 3 is 2.10 bits per heavy atom. The molecule has 144 valence electrons. The van der Waals surface area contributed by atoms with E-state index in [0.29, 0.717) is 16.6 Å². The summed E-state index contributed by atoms with van der Waals surface area (Å²) in [7, 11) is 0. The van der Waals surface area contributed by atoms with Crippen molar-refractivity contribution in [3.8, 4) is 5.75 Å². The maximum Gasteiger partial charge on any atom is 0.345 e. The number of rotatable bonds is 4. The normalized spacial score (nSPS) is 11.0. The quantitative estimate of drug-likeness (QED) is 0.290. The van der Waals surface area contributed by atoms with Gasteiger partial charge < -0.3 is 9.47 Å². The molecule has 0 unspecified atom stereocenters. The Hall–Kier alpha value is -3.80. The van der Waals surface area contributed by atoms with Gasteiger partial charge in [-0.15, -0.1) is 0 Å². The van der Waals surface area contributed by atoms with Crippen LogP contribution < -0.4 is 4.74 Å². The van der Waals surface area contributed by atoms with Crippen LogP contribution in [0.25, 0.3) is 22.1 Å². The van der Waals surface area contributed by atoms with Crippen molar-refractivity contribution in [2.45, 2.75) is 20.0 Å². The number of hydrogen-bond donors (Lipinski definition) is 0. The fourth-order valence-corrected chi connectivity index (χ4v) is 2.96. The first-order chi connectivity index (χ1) is 14.0. The van der Waals surface area contributed by atoms with E-state index in [4.69, 9.17) is 9.47 Å². The van der Waals surface area contributed by atoms with E-state index in [1.165, 1.54) is 0 Å². The van der Waals surface area contributed by atoms with Crippen molar-refractivity contribution in [2.24, 2.45) is 0 Å². The van der Waals surface area contributed by atoms with Gasteiger partial charge >= 0.3 is 11.9 Å². The second-order valence-corrected chi connectivity index (χ2v) is 6.73. The Labute approximate surface area is 167 Å². The first-order valence-electron chi connectivity index (χ1n) is 9.20. The smallest absolute Gasteiger partial charge is 0.345 e. The molecule has 29 heavy (non-hydrogen) atoms. The van der Waals surface area contributed by atoms with Crippen LogP contribution in [0.5, 0.6) is 5.75 Å². The van der Waals surface area contributed by atoms with Crippen LogP contribution in [-0.2, 0) is 4.74 Å². The summed E-state index contributed by atoms with van der Waals surface area (Å²) in [4.78, 5) is 34.4. The highest BCUT2D eigenvalue weighted by atomic mass is 16.6. The average molecular weight is 386 g/mol. The molecule has 1 aromatic heterocycles. The van der Waals surface area contributed by atoms with Gasteiger partial charge in [0.15, 0.2) is 0 Å². The van der Waals surface area contributed by atoms with Crippen LogP contribution in [0.15, 0.2) is 66.7 Å². The second kappa shape index (κ2) is 7.67. The minimum Gasteiger partial charge on any atom is -0.459 e. The molecule has 0 bridgehead atoms. The SMILES string of the molecule is CC(C)OC(=O)c1ccccc1OC(=O)c1cccc2nc3ccccc3nc12. The Morgan fingerprint density at radius 2 is 1.34 bits per heavy atom. The summed E-state index contributed by atoms with van der Waals surface area (Å²) in [6, 6.07) is 19.1. The Bertz CT molecular complexity index is 1230. The number of esters is 2. The summed E-state index contributed by atoms with van der Waals surface area (Å²) >= 11 is 0. The van der Waals surface area contributed by atoms with Gasteiger partial charge in [0.05, 0.1) is 28.2 Å². The van der Waals surface area contributed by atoms with Crippen molar-refractivity contribution in [1.82, 2.24) is 9.97 Å². The highest BCUT2D eigenvalue weighted by molar-refractivity contribution is 6.05. The molecule has 6 heteroatoms. The van der Waals surface area contributed by atoms with Crippen LogP contribution in [0.4, 0.5) is 0 Å². The Morgan fingerprint density at radius 1 is 0.724 bits per heavy atom. The largest absolute Gasteiger partial charge is 0.459 e. The van der Waals surface area contributed by atoms with Gasteiger partial charge in [0, 0.05) is 0 Å². The molecular weight excluding hydrogens is 368 g/mol. The Balaban J connectivity index is 1.72. The zero-order valence-electron chi connectivity index (χ0n) is 16.0. The number of carbonyl (C=O) groups excluding carboxylic acids is 2. The highest BCUT2D eigenvalue weighted by Gasteiger charge is 2.20. The lowest BCUT2D eigenvalue weighted by Gasteiger charge is -2.12. The maximum absolute atomic E-state index is 12.9. The molecule has 4 aromatic rings. The first kappa shape index (κ1) is 18.6. The van der Waals surface area contributed by atoms with E-state index < -0.39 is 11.9 Å². The van der Waals surface area contributed by atoms with Gasteiger partial charge in [0.1, 0.15) is 16.8 Å². The van der Waals surface area contributed by atoms with Gasteiger partial charge in [-0.05, 0) is 50.2 Å². The predicted molar refractivity (Wildman–Crippen MR) is 109 cm³/mol. The molecule has 0 aliphatic rings. The summed E-state index contributed by atoms with van der Waals surface area (Å²) in [5, 5.41) is 0. The van der Waals surface area contributed by atoms with E-state index in [9.17, 15) is 9.59 Å². The van der Waals surface area contributed by atoms with E-state index in [-0.39, 0.29) is 23.0 Å². The molecular formula is C23H18N2O4. The number of aromatic nitrogens is 2. The van der Waals surface area contributed by atoms with E-state index in [2.05, 4.69) is 9.97 Å². The van der Waals surface area contributed by atoms with E-state index in [1.54, 1.807) is 56.3 Å². The van der Waals surface area contributed by atoms with Gasteiger partial charge in [-0.3, -0.25) is 0 Å². The van der Waals surface area contributed by atoms with Crippen LogP contribution in [0.2, 0.25) is 0 Å². The third kappa shape index (κ3) is 3.78. The molecule has 0 spiro atoms. The molecule has 0 radical (unpaired) electrons. The maximum atomic E-state index is 12.9. The van der Waals surface area contributed by atoms with Gasteiger partial charge in [-0.1, -0.05) is 30.3 Å². The number of benzene rings is 3. The lowest BCUT2D eigenvalue weighted by atomic mass is 10.1. The third-order valence-electron chi connectivity index (χ3n) is 4.24. The Kier molecular flexibility index (Phi) is 4.91. The molecule has 0 N–H and O–H groups in total. The van der Waals surface area contributed by atoms with Crippen LogP contribution in [-0.4, -0.2) is 28.0 Å². The molecule has 0 saturated heterocycles. The molecule has 0 atom stereocenters. The zero-order chi connectivity index (χ0) is 20.4. The van der Waals surface area contributed by atoms with Crippen molar-refractivity contribution >= 4 is 34.0 Å². The number of nitrogens with zero attached hydrogens (tertiary/aromatic N) is 2. The molecule has 4 rings (SSSR count). The summed E-state index contributed by atoms with van der Waals surface area (Å²) in [5.74, 6) is -1.04. The number of fused-ring (bicyclic) bond motifs is 2. The van der Waals surface area contributed by atoms with Gasteiger partial charge in [-0.2, -0.15) is 0 Å². The van der Waals surface area contributed by atoms with Gasteiger partial charge in [0.25, 0.3) is 0 Å². The van der Waals surface area contributed by atoms with Crippen LogP contribution in [0.3, 0.4) is 0 Å². The average Bonchev–Trinajstić information content (AvgIpc) is 2.71. The topological polar surface area (TPSA) is 78.4 Å². The number of ether oxygens (including phenoxy) is 2. The molecule has 3 aromatic carbocycles. The minimum absolute atomic E-state index is 0.133. The van der Waals surface area contributed by atoms with Crippen LogP contribution >= 0.6 is 0 Å². The third-order valence-corrected chi connectivity index (χ3v) is 4.24. The van der Waals surface area contributed by atoms with E-state index in [0.717, 1.165) is 5.52 Å². The molecule has 0 fully saturated rings. The van der Waals surface area contributed by atoms with Crippen molar-refractivity contribution in [1.29, 1.82) is 0 Å². The monoisotopic (exact) mass is 386 g/mol. The van der Waals surface area contributed by atoms with Crippen LogP contribution in [0, 0.1) is 0 Å². The highest BCUT2D eigenvalue weighted by Crippen LogP contribution is 2.24. The molecule has 0 aliphatic heterocycles. The van der Waals surface area contributed by atoms with Gasteiger partial charge in [-0.25, -0.2) is 19.6 Å². The van der Waals surface area contributed by atoms with Crippen molar-refractivity contribution in [3.63, 3.8) is 0 Å². The standard InChI is InChI=1S/C23H18N2O4/c1-14(2)28-22(26)15-8-3-6-13-20(15)29-23(27)16-9-7-12-19-21(16)25-18-11-5-4-10-17(18)24-19/h3-14H,1-2H3. The number of carbonyl (C=O) groups is 2. The number of para-hydroxylation sites is 4. The van der Waals surface area contributed by atoms with Crippen molar-refractivity contribution < 1.29 is 19.1 Å². The lowest BCUT2D eigenvalue weighted by molar-refractivity contribution is 0.0374. The fraction of sp³-hybridized carbons (Fsp3) is 0.130. The fourth-order valence-electron chi connectivity index (χ4n) is 2.96. The summed E-state index contributed by atoms with van der Waals surface area (Å²) in [6.07, 6.45) is -0.284. The van der Waals surface area contributed by atoms with Crippen molar-refractivity contribution in [2.75, 3.05) is 0 Å². The summed E-state index contributed by atoms with van der Waals surface area (Å²) in [5.41, 5.74) is 2.91. The summed E-state index contributed by atoms with van der Waals surface area (Å²) < 4.78 is 10.8. The molecule has 0 saturated carbocycles. The lowest BCUT2D eigenvalue weighted by Crippen LogP contribution is -2.16. The molecule has 1 heterocycles. The van der Waals surface area contributed by atoms with Crippen molar-refractivity contribution in [3.05, 3.63) is 77.9 Å². The molecule has 0 amide bonds. The van der Waals surface area contributed by atoms with E-state index in [1.807, 2.05) is 24.3 Å². The predicted octanol–water partition coefficient (Wildman–Crippen LogP) is 4.57. The van der Waals surface area contributed by atoms with Crippen LogP contribution in [0.1, 0.15) is 34.6 Å². The summed E-state index contributed by atoms with van der Waals surface area (Å²) in [6.45, 7) is 3.51. The first-order valence-corrected chi connectivity index (χ1v) is 9.20. The zero-order valence-corrected chi connectivity index (χ0v) is 16.0. The van der Waals surface area contributed by atoms with E-state index >= 15 is 0 Å². The number of hydrogen-bond acceptors (Lipinski definition) is 6.